The molecule has 0 spiro atoms. The molecule has 1 aromatic rings. The van der Waals surface area contributed by atoms with Crippen LogP contribution in [0.2, 0.25) is 0 Å². The molecule has 0 fully saturated rings. The number of carbonyl (C=O) groups is 1. The molecule has 0 aliphatic heterocycles. The molecule has 5 nitrogen and oxygen atoms in total. The van der Waals surface area contributed by atoms with Crippen molar-refractivity contribution in [2.24, 2.45) is 0 Å². The summed E-state index contributed by atoms with van der Waals surface area (Å²) >= 11 is 0. The number of urea groups is 1. The number of carbonyl (C=O) groups excluding carboxylic acids is 1. The maximum atomic E-state index is 11.2. The highest BCUT2D eigenvalue weighted by atomic mass is 16.2. The highest BCUT2D eigenvalue weighted by Crippen LogP contribution is 2.14. The third-order valence-electron chi connectivity index (χ3n) is 1.50. The lowest BCUT2D eigenvalue weighted by Crippen LogP contribution is -2.27. The number of hydrogen-bond acceptors (Lipinski definition) is 3. The Hall–Kier alpha value is -1.78. The van der Waals surface area contributed by atoms with Gasteiger partial charge in [0.25, 0.3) is 0 Å². The molecule has 0 radical (unpaired) electrons. The van der Waals surface area contributed by atoms with E-state index < -0.39 is 0 Å². The van der Waals surface area contributed by atoms with Crippen LogP contribution in [0.15, 0.2) is 18.5 Å². The summed E-state index contributed by atoms with van der Waals surface area (Å²) < 4.78 is 0. The van der Waals surface area contributed by atoms with Crippen LogP contribution in [0.3, 0.4) is 0 Å². The molecule has 0 aliphatic rings. The van der Waals surface area contributed by atoms with Crippen LogP contribution in [0.4, 0.5) is 16.2 Å². The number of nitrogens with one attached hydrogen (secondary N) is 1. The fourth-order valence-corrected chi connectivity index (χ4v) is 0.737. The van der Waals surface area contributed by atoms with Gasteiger partial charge in [-0.25, -0.2) is 4.79 Å². The minimum absolute atomic E-state index is 0.222. The first kappa shape index (κ1) is 9.31. The third kappa shape index (κ3) is 2.33. The van der Waals surface area contributed by atoms with Crippen LogP contribution < -0.4 is 11.1 Å². The van der Waals surface area contributed by atoms with Crippen LogP contribution in [0, 0.1) is 0 Å². The molecule has 13 heavy (non-hydrogen) atoms. The summed E-state index contributed by atoms with van der Waals surface area (Å²) in [5.74, 6) is 0. The topological polar surface area (TPSA) is 71.2 Å². The zero-order valence-electron chi connectivity index (χ0n) is 7.61. The van der Waals surface area contributed by atoms with Gasteiger partial charge in [0.15, 0.2) is 0 Å². The molecule has 2 amide bonds. The minimum Gasteiger partial charge on any atom is -0.397 e. The van der Waals surface area contributed by atoms with E-state index in [0.29, 0.717) is 11.4 Å². The van der Waals surface area contributed by atoms with Crippen molar-refractivity contribution in [1.82, 2.24) is 9.88 Å². The molecule has 0 unspecified atom stereocenters. The standard InChI is InChI=1S/C8H12N4O/c1-12(2)8(13)11-7-5-10-4-3-6(7)9/h3-5H,1-2H3,(H2,9,10)(H,11,13). The van der Waals surface area contributed by atoms with Crippen LogP contribution in [0.5, 0.6) is 0 Å². The SMILES string of the molecule is CN(C)C(=O)Nc1cnccc1N. The number of nitrogens with zero attached hydrogens (tertiary/aromatic N) is 2. The third-order valence-corrected chi connectivity index (χ3v) is 1.50. The van der Waals surface area contributed by atoms with Gasteiger partial charge in [-0.05, 0) is 6.07 Å². The Morgan fingerprint density at radius 2 is 2.31 bits per heavy atom. The first-order valence-corrected chi connectivity index (χ1v) is 3.79. The van der Waals surface area contributed by atoms with Crippen LogP contribution >= 0.6 is 0 Å². The molecule has 3 N–H and O–H groups in total. The zero-order valence-corrected chi connectivity index (χ0v) is 7.61. The maximum Gasteiger partial charge on any atom is 0.321 e. The van der Waals surface area contributed by atoms with E-state index in [1.807, 2.05) is 0 Å². The summed E-state index contributed by atoms with van der Waals surface area (Å²) in [5.41, 5.74) is 6.63. The second kappa shape index (κ2) is 3.75. The van der Waals surface area contributed by atoms with E-state index in [9.17, 15) is 4.79 Å². The minimum atomic E-state index is -0.222. The second-order valence-corrected chi connectivity index (χ2v) is 2.79. The van der Waals surface area contributed by atoms with Crippen molar-refractivity contribution in [3.05, 3.63) is 18.5 Å². The molecular weight excluding hydrogens is 168 g/mol. The van der Waals surface area contributed by atoms with E-state index in [1.165, 1.54) is 11.1 Å². The Morgan fingerprint density at radius 1 is 1.62 bits per heavy atom. The summed E-state index contributed by atoms with van der Waals surface area (Å²) in [7, 11) is 3.31. The van der Waals surface area contributed by atoms with Crippen molar-refractivity contribution >= 4 is 17.4 Å². The van der Waals surface area contributed by atoms with E-state index in [2.05, 4.69) is 10.3 Å². The lowest BCUT2D eigenvalue weighted by atomic mass is 10.3. The van der Waals surface area contributed by atoms with Gasteiger partial charge in [0.2, 0.25) is 0 Å². The van der Waals surface area contributed by atoms with Gasteiger partial charge in [0.1, 0.15) is 0 Å². The van der Waals surface area contributed by atoms with E-state index in [1.54, 1.807) is 26.4 Å². The van der Waals surface area contributed by atoms with Gasteiger partial charge < -0.3 is 16.0 Å². The van der Waals surface area contributed by atoms with E-state index in [0.717, 1.165) is 0 Å². The van der Waals surface area contributed by atoms with E-state index in [4.69, 9.17) is 5.73 Å². The van der Waals surface area contributed by atoms with Crippen LogP contribution in [0.1, 0.15) is 0 Å². The Bertz CT molecular complexity index is 311. The summed E-state index contributed by atoms with van der Waals surface area (Å²) in [6, 6.07) is 1.41. The van der Waals surface area contributed by atoms with Crippen molar-refractivity contribution in [3.63, 3.8) is 0 Å². The number of nitrogens with two attached hydrogens (primary N) is 1. The number of rotatable bonds is 1. The molecule has 70 valence electrons. The zero-order chi connectivity index (χ0) is 9.84. The van der Waals surface area contributed by atoms with Crippen LogP contribution in [-0.4, -0.2) is 30.0 Å². The average molecular weight is 180 g/mol. The fourth-order valence-electron chi connectivity index (χ4n) is 0.737. The highest BCUT2D eigenvalue weighted by molar-refractivity contribution is 5.91. The van der Waals surface area contributed by atoms with Crippen molar-refractivity contribution in [2.45, 2.75) is 0 Å². The van der Waals surface area contributed by atoms with Gasteiger partial charge in [-0.3, -0.25) is 4.98 Å². The van der Waals surface area contributed by atoms with Gasteiger partial charge in [0.05, 0.1) is 17.6 Å². The lowest BCUT2D eigenvalue weighted by molar-refractivity contribution is 0.230. The number of amides is 2. The predicted molar refractivity (Wildman–Crippen MR) is 51.4 cm³/mol. The number of aromatic nitrogens is 1. The Kier molecular flexibility index (Phi) is 2.69. The van der Waals surface area contributed by atoms with Crippen LogP contribution in [-0.2, 0) is 0 Å². The molecular formula is C8H12N4O. The maximum absolute atomic E-state index is 11.2. The summed E-state index contributed by atoms with van der Waals surface area (Å²) in [6.07, 6.45) is 3.08. The molecule has 0 aliphatic carbocycles. The van der Waals surface area contributed by atoms with Gasteiger partial charge in [0, 0.05) is 20.3 Å². The monoisotopic (exact) mass is 180 g/mol. The molecule has 1 heterocycles. The normalized spacial score (nSPS) is 9.38. The van der Waals surface area contributed by atoms with Gasteiger partial charge >= 0.3 is 6.03 Å². The molecule has 0 aromatic carbocycles. The summed E-state index contributed by atoms with van der Waals surface area (Å²) in [5, 5.41) is 2.61. The number of pyridine rings is 1. The fraction of sp³-hybridized carbons (Fsp3) is 0.250. The summed E-state index contributed by atoms with van der Waals surface area (Å²) in [6.45, 7) is 0. The van der Waals surface area contributed by atoms with Crippen molar-refractivity contribution in [2.75, 3.05) is 25.1 Å². The first-order chi connectivity index (χ1) is 6.11. The van der Waals surface area contributed by atoms with Gasteiger partial charge in [-0.1, -0.05) is 0 Å². The molecule has 0 saturated heterocycles. The summed E-state index contributed by atoms with van der Waals surface area (Å²) in [4.78, 5) is 16.5. The molecule has 0 atom stereocenters. The van der Waals surface area contributed by atoms with Gasteiger partial charge in [-0.2, -0.15) is 0 Å². The van der Waals surface area contributed by atoms with Crippen molar-refractivity contribution < 1.29 is 4.79 Å². The molecule has 1 aromatic heterocycles. The Labute approximate surface area is 76.6 Å². The second-order valence-electron chi connectivity index (χ2n) is 2.79. The van der Waals surface area contributed by atoms with E-state index in [-0.39, 0.29) is 6.03 Å². The average Bonchev–Trinajstić information content (AvgIpc) is 2.08. The van der Waals surface area contributed by atoms with Crippen molar-refractivity contribution in [3.8, 4) is 0 Å². The largest absolute Gasteiger partial charge is 0.397 e. The quantitative estimate of drug-likeness (QED) is 0.670. The predicted octanol–water partition coefficient (Wildman–Crippen LogP) is 0.757. The Balaban J connectivity index is 2.75. The van der Waals surface area contributed by atoms with Crippen molar-refractivity contribution in [1.29, 1.82) is 0 Å². The highest BCUT2D eigenvalue weighted by Gasteiger charge is 2.05. The first-order valence-electron chi connectivity index (χ1n) is 3.79. The number of anilines is 2. The smallest absolute Gasteiger partial charge is 0.321 e. The van der Waals surface area contributed by atoms with E-state index >= 15 is 0 Å². The van der Waals surface area contributed by atoms with Crippen LogP contribution in [0.25, 0.3) is 0 Å². The molecule has 0 saturated carbocycles. The van der Waals surface area contributed by atoms with Gasteiger partial charge in [-0.15, -0.1) is 0 Å². The lowest BCUT2D eigenvalue weighted by Gasteiger charge is -2.12. The molecule has 5 heteroatoms. The molecule has 1 rings (SSSR count). The molecule has 0 bridgehead atoms. The number of hydrogen-bond donors (Lipinski definition) is 2. The Morgan fingerprint density at radius 3 is 2.85 bits per heavy atom. The number of nitrogen functional groups attached to an aromatic ring is 1.